The molecule has 13 heteroatoms. The minimum Gasteiger partial charge on any atom is -0.490 e. The Morgan fingerprint density at radius 2 is 1.81 bits per heavy atom. The Morgan fingerprint density at radius 1 is 1.14 bits per heavy atom. The maximum absolute atomic E-state index is 14.1. The summed E-state index contributed by atoms with van der Waals surface area (Å²) in [6.45, 7) is 7.10. The molecule has 3 heterocycles. The zero-order valence-electron chi connectivity index (χ0n) is 21.2. The number of hydrogen-bond acceptors (Lipinski definition) is 9. The molecule has 4 rings (SSSR count). The lowest BCUT2D eigenvalue weighted by atomic mass is 10.1. The smallest absolute Gasteiger partial charge is 0.168 e. The van der Waals surface area contributed by atoms with Crippen LogP contribution in [0.2, 0.25) is 0 Å². The summed E-state index contributed by atoms with van der Waals surface area (Å²) in [6, 6.07) is 1.35. The first-order valence-corrected chi connectivity index (χ1v) is 13.4. The number of aromatic nitrogens is 5. The van der Waals surface area contributed by atoms with Crippen molar-refractivity contribution in [3.8, 4) is 17.1 Å². The maximum atomic E-state index is 14.1. The number of fused-ring (bicyclic) bond motifs is 3. The lowest BCUT2D eigenvalue weighted by Gasteiger charge is -2.25. The molecule has 2 aromatic heterocycles. The molecule has 0 amide bonds. The summed E-state index contributed by atoms with van der Waals surface area (Å²) in [4.78, 5) is 8.58. The highest BCUT2D eigenvalue weighted by Crippen LogP contribution is 2.37. The van der Waals surface area contributed by atoms with Crippen molar-refractivity contribution in [3.05, 3.63) is 53.4 Å². The van der Waals surface area contributed by atoms with E-state index in [4.69, 9.17) is 14.2 Å². The molecule has 0 aliphatic carbocycles. The van der Waals surface area contributed by atoms with Crippen LogP contribution in [0, 0.1) is 18.6 Å². The first-order valence-electron chi connectivity index (χ1n) is 11.7. The Labute approximate surface area is 213 Å². The van der Waals surface area contributed by atoms with Crippen molar-refractivity contribution >= 4 is 9.84 Å². The van der Waals surface area contributed by atoms with Gasteiger partial charge in [0.25, 0.3) is 0 Å². The summed E-state index contributed by atoms with van der Waals surface area (Å²) in [6.07, 6.45) is 2.00. The molecule has 0 bridgehead atoms. The summed E-state index contributed by atoms with van der Waals surface area (Å²) < 4.78 is 73.8. The molecule has 0 saturated heterocycles. The van der Waals surface area contributed by atoms with Crippen LogP contribution in [0.1, 0.15) is 50.1 Å². The van der Waals surface area contributed by atoms with Gasteiger partial charge in [-0.25, -0.2) is 27.2 Å². The fraction of sp³-hybridized carbons (Fsp3) is 0.500. The lowest BCUT2D eigenvalue weighted by Crippen LogP contribution is -2.32. The van der Waals surface area contributed by atoms with Crippen molar-refractivity contribution in [2.45, 2.75) is 56.9 Å². The number of nitrogens with zero attached hydrogens (tertiary/aromatic N) is 5. The topological polar surface area (TPSA) is 118 Å². The van der Waals surface area contributed by atoms with Crippen LogP contribution in [0.15, 0.2) is 24.5 Å². The fourth-order valence-electron chi connectivity index (χ4n) is 4.11. The van der Waals surface area contributed by atoms with Crippen molar-refractivity contribution in [3.63, 3.8) is 0 Å². The van der Waals surface area contributed by atoms with E-state index in [1.54, 1.807) is 30.8 Å². The molecule has 37 heavy (non-hydrogen) atoms. The number of halogens is 2. The third kappa shape index (κ3) is 5.63. The molecule has 200 valence electrons. The van der Waals surface area contributed by atoms with Gasteiger partial charge in [-0.3, -0.25) is 0 Å². The molecule has 1 aromatic carbocycles. The number of rotatable bonds is 9. The number of aryl methyl sites for hydroxylation is 1. The largest absolute Gasteiger partial charge is 0.490 e. The van der Waals surface area contributed by atoms with Crippen molar-refractivity contribution < 1.29 is 31.4 Å². The van der Waals surface area contributed by atoms with Crippen LogP contribution >= 0.6 is 0 Å². The number of methoxy groups -OCH3 is 1. The van der Waals surface area contributed by atoms with Gasteiger partial charge < -0.3 is 18.8 Å². The van der Waals surface area contributed by atoms with Gasteiger partial charge in [0, 0.05) is 25.6 Å². The van der Waals surface area contributed by atoms with Crippen LogP contribution in [0.3, 0.4) is 0 Å². The molecule has 1 aliphatic rings. The van der Waals surface area contributed by atoms with Gasteiger partial charge in [0.15, 0.2) is 33.1 Å². The highest BCUT2D eigenvalue weighted by molar-refractivity contribution is 7.91. The van der Waals surface area contributed by atoms with Crippen LogP contribution in [-0.2, 0) is 25.1 Å². The van der Waals surface area contributed by atoms with E-state index in [0.717, 1.165) is 17.7 Å². The average molecular weight is 538 g/mol. The van der Waals surface area contributed by atoms with E-state index in [1.165, 1.54) is 14.0 Å². The standard InChI is InChI=1S/C24H29F2N5O5S/c1-13(2)36-22(23-27-8-14(3)9-28-23)15(4)37(32,33)12-21-29-30-24-17-6-18(25)19(26)7-20(17)35-11-16(10-34-5)31(21)24/h6-9,13,15-16,22H,10-12H2,1-5H3/t15-,16-,22+/m0/s1. The van der Waals surface area contributed by atoms with E-state index in [-0.39, 0.29) is 48.1 Å². The second-order valence-corrected chi connectivity index (χ2v) is 11.6. The molecule has 1 aliphatic heterocycles. The van der Waals surface area contributed by atoms with Crippen molar-refractivity contribution in [2.75, 3.05) is 20.3 Å². The van der Waals surface area contributed by atoms with Crippen LogP contribution < -0.4 is 4.74 Å². The molecule has 0 N–H and O–H groups in total. The van der Waals surface area contributed by atoms with Crippen molar-refractivity contribution in [1.82, 2.24) is 24.7 Å². The van der Waals surface area contributed by atoms with E-state index in [1.807, 2.05) is 6.92 Å². The van der Waals surface area contributed by atoms with Crippen molar-refractivity contribution in [2.24, 2.45) is 0 Å². The van der Waals surface area contributed by atoms with E-state index < -0.39 is 44.6 Å². The van der Waals surface area contributed by atoms with Crippen LogP contribution in [0.25, 0.3) is 11.4 Å². The summed E-state index contributed by atoms with van der Waals surface area (Å²) in [5, 5.41) is 7.23. The van der Waals surface area contributed by atoms with Crippen molar-refractivity contribution in [1.29, 1.82) is 0 Å². The fourth-order valence-corrected chi connectivity index (χ4v) is 5.49. The lowest BCUT2D eigenvalue weighted by molar-refractivity contribution is 0.00140. The Kier molecular flexibility index (Phi) is 7.85. The highest BCUT2D eigenvalue weighted by atomic mass is 32.2. The predicted molar refractivity (Wildman–Crippen MR) is 130 cm³/mol. The SMILES string of the molecule is COC[C@H]1COc2cc(F)c(F)cc2-c2nnc(CS(=O)(=O)[C@@H](C)[C@@H](OC(C)C)c3ncc(C)cn3)n21. The first-order chi connectivity index (χ1) is 17.5. The van der Waals surface area contributed by atoms with Gasteiger partial charge in [0.1, 0.15) is 30.0 Å². The van der Waals surface area contributed by atoms with Gasteiger partial charge in [0.2, 0.25) is 0 Å². The van der Waals surface area contributed by atoms with Gasteiger partial charge >= 0.3 is 0 Å². The molecular weight excluding hydrogens is 508 g/mol. The molecule has 0 unspecified atom stereocenters. The maximum Gasteiger partial charge on any atom is 0.168 e. The summed E-state index contributed by atoms with van der Waals surface area (Å²) in [5.74, 6) is -2.05. The summed E-state index contributed by atoms with van der Waals surface area (Å²) in [7, 11) is -2.42. The van der Waals surface area contributed by atoms with E-state index in [0.29, 0.717) is 0 Å². The minimum absolute atomic E-state index is 0.00977. The summed E-state index contributed by atoms with van der Waals surface area (Å²) in [5.41, 5.74) is 0.993. The minimum atomic E-state index is -3.91. The molecule has 0 radical (unpaired) electrons. The highest BCUT2D eigenvalue weighted by Gasteiger charge is 2.37. The predicted octanol–water partition coefficient (Wildman–Crippen LogP) is 3.37. The average Bonchev–Trinajstić information content (AvgIpc) is 3.18. The Bertz CT molecular complexity index is 1360. The molecule has 3 atom stereocenters. The van der Waals surface area contributed by atoms with Crippen LogP contribution in [0.4, 0.5) is 8.78 Å². The molecular formula is C24H29F2N5O5S. The quantitative estimate of drug-likeness (QED) is 0.405. The van der Waals surface area contributed by atoms with Gasteiger partial charge in [-0.05, 0) is 39.3 Å². The number of benzene rings is 1. The van der Waals surface area contributed by atoms with Gasteiger partial charge in [-0.1, -0.05) is 0 Å². The number of hydrogen-bond donors (Lipinski definition) is 0. The van der Waals surface area contributed by atoms with E-state index in [2.05, 4.69) is 20.2 Å². The Hall–Kier alpha value is -3.03. The van der Waals surface area contributed by atoms with E-state index in [9.17, 15) is 17.2 Å². The van der Waals surface area contributed by atoms with E-state index >= 15 is 0 Å². The molecule has 10 nitrogen and oxygen atoms in total. The van der Waals surface area contributed by atoms with Crippen LogP contribution in [0.5, 0.6) is 5.75 Å². The molecule has 3 aromatic rings. The normalized spacial score (nSPS) is 17.0. The number of sulfone groups is 1. The molecule has 0 saturated carbocycles. The van der Waals surface area contributed by atoms with Gasteiger partial charge in [0.05, 0.1) is 29.6 Å². The summed E-state index contributed by atoms with van der Waals surface area (Å²) >= 11 is 0. The van der Waals surface area contributed by atoms with Crippen LogP contribution in [-0.4, -0.2) is 64.8 Å². The van der Waals surface area contributed by atoms with Gasteiger partial charge in [-0.15, -0.1) is 10.2 Å². The second kappa shape index (κ2) is 10.8. The first kappa shape index (κ1) is 27.0. The third-order valence-electron chi connectivity index (χ3n) is 5.98. The zero-order valence-corrected chi connectivity index (χ0v) is 22.0. The second-order valence-electron chi connectivity index (χ2n) is 9.23. The zero-order chi connectivity index (χ0) is 26.9. The molecule has 0 fully saturated rings. The third-order valence-corrected chi connectivity index (χ3v) is 8.02. The monoisotopic (exact) mass is 537 g/mol. The Balaban J connectivity index is 1.73. The Morgan fingerprint density at radius 3 is 2.46 bits per heavy atom. The number of ether oxygens (including phenoxy) is 3. The van der Waals surface area contributed by atoms with Gasteiger partial charge in [-0.2, -0.15) is 0 Å². The molecule has 0 spiro atoms.